The van der Waals surface area contributed by atoms with Crippen LogP contribution in [0.4, 0.5) is 5.69 Å². The highest BCUT2D eigenvalue weighted by Crippen LogP contribution is 2.26. The van der Waals surface area contributed by atoms with Gasteiger partial charge in [-0.1, -0.05) is 12.1 Å². The molecule has 18 heavy (non-hydrogen) atoms. The van der Waals surface area contributed by atoms with Crippen molar-refractivity contribution in [2.24, 2.45) is 5.73 Å². The topological polar surface area (TPSA) is 63.4 Å². The summed E-state index contributed by atoms with van der Waals surface area (Å²) in [4.78, 5) is 2.14. The van der Waals surface area contributed by atoms with Gasteiger partial charge in [-0.15, -0.1) is 0 Å². The highest BCUT2D eigenvalue weighted by Gasteiger charge is 2.30. The second-order valence-electron chi connectivity index (χ2n) is 4.99. The molecule has 1 atom stereocenters. The normalized spacial score (nSPS) is 23.1. The molecule has 0 aromatic heterocycles. The Balaban J connectivity index is 2.35. The molecule has 1 aliphatic heterocycles. The molecule has 0 saturated carbocycles. The summed E-state index contributed by atoms with van der Waals surface area (Å²) in [6, 6.07) is 6.14. The SMILES string of the molecule is Cc1ccc(C)c(N2CCS(=O)(=O)CC2CN)c1. The van der Waals surface area contributed by atoms with Gasteiger partial charge in [0.25, 0.3) is 0 Å². The summed E-state index contributed by atoms with van der Waals surface area (Å²) in [6.07, 6.45) is 0. The van der Waals surface area contributed by atoms with Gasteiger partial charge in [-0.25, -0.2) is 8.42 Å². The van der Waals surface area contributed by atoms with E-state index in [-0.39, 0.29) is 17.5 Å². The molecular weight excluding hydrogens is 248 g/mol. The third-order valence-electron chi connectivity index (χ3n) is 3.48. The van der Waals surface area contributed by atoms with Crippen molar-refractivity contribution in [2.75, 3.05) is 29.5 Å². The van der Waals surface area contributed by atoms with Crippen molar-refractivity contribution in [3.63, 3.8) is 0 Å². The zero-order valence-corrected chi connectivity index (χ0v) is 11.7. The van der Waals surface area contributed by atoms with Crippen LogP contribution in [0.25, 0.3) is 0 Å². The van der Waals surface area contributed by atoms with Crippen LogP contribution in [0.15, 0.2) is 18.2 Å². The molecule has 2 N–H and O–H groups in total. The average Bonchev–Trinajstić information content (AvgIpc) is 2.31. The molecule has 4 nitrogen and oxygen atoms in total. The highest BCUT2D eigenvalue weighted by atomic mass is 32.2. The quantitative estimate of drug-likeness (QED) is 0.864. The van der Waals surface area contributed by atoms with Gasteiger partial charge in [0.15, 0.2) is 9.84 Å². The second kappa shape index (κ2) is 4.90. The van der Waals surface area contributed by atoms with Gasteiger partial charge in [0, 0.05) is 18.8 Å². The molecule has 5 heteroatoms. The predicted molar refractivity (Wildman–Crippen MR) is 74.8 cm³/mol. The molecule has 1 aliphatic rings. The minimum absolute atomic E-state index is 0.107. The summed E-state index contributed by atoms with van der Waals surface area (Å²) in [5.74, 6) is 0.383. The lowest BCUT2D eigenvalue weighted by molar-refractivity contribution is 0.558. The van der Waals surface area contributed by atoms with E-state index in [9.17, 15) is 8.42 Å². The van der Waals surface area contributed by atoms with Gasteiger partial charge in [0.05, 0.1) is 17.5 Å². The summed E-state index contributed by atoms with van der Waals surface area (Å²) in [5, 5.41) is 0. The van der Waals surface area contributed by atoms with Gasteiger partial charge in [-0.3, -0.25) is 0 Å². The summed E-state index contributed by atoms with van der Waals surface area (Å²) < 4.78 is 23.3. The molecule has 0 amide bonds. The number of sulfone groups is 1. The van der Waals surface area contributed by atoms with Gasteiger partial charge in [-0.05, 0) is 31.0 Å². The molecule has 1 unspecified atom stereocenters. The number of hydrogen-bond donors (Lipinski definition) is 1. The molecular formula is C13H20N2O2S. The third-order valence-corrected chi connectivity index (χ3v) is 5.17. The first-order valence-electron chi connectivity index (χ1n) is 6.17. The maximum absolute atomic E-state index is 11.7. The Morgan fingerprint density at radius 2 is 2.11 bits per heavy atom. The van der Waals surface area contributed by atoms with Crippen LogP contribution in [0.2, 0.25) is 0 Å². The minimum Gasteiger partial charge on any atom is -0.365 e. The fourth-order valence-corrected chi connectivity index (χ4v) is 3.97. The number of benzene rings is 1. The van der Waals surface area contributed by atoms with Crippen molar-refractivity contribution < 1.29 is 8.42 Å². The Bertz CT molecular complexity index is 540. The summed E-state index contributed by atoms with van der Waals surface area (Å²) in [7, 11) is -2.93. The van der Waals surface area contributed by atoms with E-state index < -0.39 is 9.84 Å². The van der Waals surface area contributed by atoms with Crippen LogP contribution in [0.3, 0.4) is 0 Å². The number of hydrogen-bond acceptors (Lipinski definition) is 4. The minimum atomic E-state index is -2.93. The fraction of sp³-hybridized carbons (Fsp3) is 0.538. The Morgan fingerprint density at radius 1 is 1.39 bits per heavy atom. The Morgan fingerprint density at radius 3 is 2.78 bits per heavy atom. The van der Waals surface area contributed by atoms with Crippen LogP contribution in [-0.2, 0) is 9.84 Å². The van der Waals surface area contributed by atoms with Crippen molar-refractivity contribution in [1.82, 2.24) is 0 Å². The number of rotatable bonds is 2. The summed E-state index contributed by atoms with van der Waals surface area (Å²) in [5.41, 5.74) is 9.19. The van der Waals surface area contributed by atoms with Crippen LogP contribution in [0.1, 0.15) is 11.1 Å². The largest absolute Gasteiger partial charge is 0.365 e. The van der Waals surface area contributed by atoms with E-state index in [0.717, 1.165) is 5.69 Å². The summed E-state index contributed by atoms with van der Waals surface area (Å²) in [6.45, 7) is 4.99. The van der Waals surface area contributed by atoms with Crippen LogP contribution in [0, 0.1) is 13.8 Å². The zero-order valence-electron chi connectivity index (χ0n) is 10.9. The zero-order chi connectivity index (χ0) is 13.3. The molecule has 0 aliphatic carbocycles. The number of aryl methyl sites for hydroxylation is 2. The summed E-state index contributed by atoms with van der Waals surface area (Å²) >= 11 is 0. The first-order chi connectivity index (χ1) is 8.43. The standard InChI is InChI=1S/C13H20N2O2S/c1-10-3-4-11(2)13(7-10)15-5-6-18(16,17)9-12(15)8-14/h3-4,7,12H,5-6,8-9,14H2,1-2H3. The Hall–Kier alpha value is -1.07. The van der Waals surface area contributed by atoms with Gasteiger partial charge >= 0.3 is 0 Å². The number of nitrogens with zero attached hydrogens (tertiary/aromatic N) is 1. The molecule has 100 valence electrons. The average molecular weight is 268 g/mol. The molecule has 0 radical (unpaired) electrons. The lowest BCUT2D eigenvalue weighted by Crippen LogP contribution is -2.52. The maximum atomic E-state index is 11.7. The lowest BCUT2D eigenvalue weighted by atomic mass is 10.1. The van der Waals surface area contributed by atoms with Crippen LogP contribution >= 0.6 is 0 Å². The van der Waals surface area contributed by atoms with E-state index in [4.69, 9.17) is 5.73 Å². The van der Waals surface area contributed by atoms with Crippen molar-refractivity contribution in [2.45, 2.75) is 19.9 Å². The fourth-order valence-electron chi connectivity index (χ4n) is 2.43. The van der Waals surface area contributed by atoms with Gasteiger partial charge < -0.3 is 10.6 Å². The van der Waals surface area contributed by atoms with E-state index in [1.54, 1.807) is 0 Å². The van der Waals surface area contributed by atoms with E-state index >= 15 is 0 Å². The Labute approximate surface area is 109 Å². The maximum Gasteiger partial charge on any atom is 0.154 e. The van der Waals surface area contributed by atoms with Crippen LogP contribution in [-0.4, -0.2) is 39.1 Å². The van der Waals surface area contributed by atoms with Gasteiger partial charge in [-0.2, -0.15) is 0 Å². The molecule has 1 heterocycles. The van der Waals surface area contributed by atoms with Crippen molar-refractivity contribution >= 4 is 15.5 Å². The molecule has 0 bridgehead atoms. The van der Waals surface area contributed by atoms with Crippen LogP contribution < -0.4 is 10.6 Å². The van der Waals surface area contributed by atoms with Crippen molar-refractivity contribution in [3.05, 3.63) is 29.3 Å². The van der Waals surface area contributed by atoms with E-state index in [2.05, 4.69) is 23.1 Å². The van der Waals surface area contributed by atoms with Crippen molar-refractivity contribution in [3.8, 4) is 0 Å². The first kappa shape index (κ1) is 13.4. The van der Waals surface area contributed by atoms with Crippen molar-refractivity contribution in [1.29, 1.82) is 0 Å². The second-order valence-corrected chi connectivity index (χ2v) is 7.22. The Kier molecular flexibility index (Phi) is 3.64. The first-order valence-corrected chi connectivity index (χ1v) is 7.99. The van der Waals surface area contributed by atoms with Gasteiger partial charge in [0.1, 0.15) is 0 Å². The van der Waals surface area contributed by atoms with Crippen LogP contribution in [0.5, 0.6) is 0 Å². The predicted octanol–water partition coefficient (Wildman–Crippen LogP) is 0.866. The van der Waals surface area contributed by atoms with E-state index in [1.807, 2.05) is 13.8 Å². The van der Waals surface area contributed by atoms with E-state index in [0.29, 0.717) is 13.1 Å². The molecule has 1 aromatic carbocycles. The van der Waals surface area contributed by atoms with E-state index in [1.165, 1.54) is 11.1 Å². The lowest BCUT2D eigenvalue weighted by Gasteiger charge is -2.37. The molecule has 0 spiro atoms. The molecule has 2 rings (SSSR count). The molecule has 1 saturated heterocycles. The smallest absolute Gasteiger partial charge is 0.154 e. The highest BCUT2D eigenvalue weighted by molar-refractivity contribution is 7.91. The monoisotopic (exact) mass is 268 g/mol. The third kappa shape index (κ3) is 2.67. The molecule has 1 fully saturated rings. The number of nitrogens with two attached hydrogens (primary N) is 1. The number of anilines is 1. The molecule has 1 aromatic rings. The van der Waals surface area contributed by atoms with Gasteiger partial charge in [0.2, 0.25) is 0 Å².